The first-order valence-electron chi connectivity index (χ1n) is 5.69. The van der Waals surface area contributed by atoms with E-state index in [1.807, 2.05) is 17.0 Å². The molecule has 1 amide bonds. The topological polar surface area (TPSA) is 67.4 Å². The average Bonchev–Trinajstić information content (AvgIpc) is 2.41. The molecule has 0 atom stereocenters. The van der Waals surface area contributed by atoms with Gasteiger partial charge in [0.15, 0.2) is 0 Å². The summed E-state index contributed by atoms with van der Waals surface area (Å²) in [5.41, 5.74) is 0.835. The van der Waals surface area contributed by atoms with E-state index < -0.39 is 0 Å². The number of carbonyl (C=O) groups is 1. The second-order valence-electron chi connectivity index (χ2n) is 3.81. The number of nitrogens with zero attached hydrogens (tertiary/aromatic N) is 3. The summed E-state index contributed by atoms with van der Waals surface area (Å²) in [6.45, 7) is 3.53. The third kappa shape index (κ3) is 3.76. The van der Waals surface area contributed by atoms with Gasteiger partial charge in [0.05, 0.1) is 25.5 Å². The molecule has 1 aliphatic rings. The van der Waals surface area contributed by atoms with Gasteiger partial charge in [-0.15, -0.1) is 0 Å². The first-order chi connectivity index (χ1) is 8.36. The number of aromatic nitrogens is 2. The zero-order chi connectivity index (χ0) is 11.9. The van der Waals surface area contributed by atoms with Crippen LogP contribution in [0.3, 0.4) is 0 Å². The fourth-order valence-electron chi connectivity index (χ4n) is 1.65. The Morgan fingerprint density at radius 2 is 2.29 bits per heavy atom. The number of amides is 1. The van der Waals surface area contributed by atoms with Crippen LogP contribution in [0.4, 0.5) is 0 Å². The molecule has 2 rings (SSSR count). The Morgan fingerprint density at radius 1 is 1.47 bits per heavy atom. The molecule has 0 radical (unpaired) electrons. The quantitative estimate of drug-likeness (QED) is 0.758. The highest BCUT2D eigenvalue weighted by molar-refractivity contribution is 5.78. The summed E-state index contributed by atoms with van der Waals surface area (Å²) in [6, 6.07) is 3.70. The van der Waals surface area contributed by atoms with Crippen molar-refractivity contribution in [3.8, 4) is 0 Å². The van der Waals surface area contributed by atoms with Crippen LogP contribution in [0.2, 0.25) is 0 Å². The minimum absolute atomic E-state index is 0.109. The minimum atomic E-state index is 0.109. The van der Waals surface area contributed by atoms with E-state index in [1.165, 1.54) is 0 Å². The highest BCUT2D eigenvalue weighted by Crippen LogP contribution is 1.97. The first kappa shape index (κ1) is 11.9. The summed E-state index contributed by atoms with van der Waals surface area (Å²) in [5, 5.41) is 10.8. The van der Waals surface area contributed by atoms with E-state index in [4.69, 9.17) is 4.74 Å². The van der Waals surface area contributed by atoms with Crippen LogP contribution in [0, 0.1) is 0 Å². The monoisotopic (exact) mass is 236 g/mol. The van der Waals surface area contributed by atoms with E-state index in [-0.39, 0.29) is 5.91 Å². The van der Waals surface area contributed by atoms with Crippen molar-refractivity contribution < 1.29 is 9.53 Å². The fraction of sp³-hybridized carbons (Fsp3) is 0.545. The van der Waals surface area contributed by atoms with Crippen molar-refractivity contribution in [3.05, 3.63) is 24.0 Å². The molecule has 0 unspecified atom stereocenters. The molecule has 1 aromatic heterocycles. The van der Waals surface area contributed by atoms with Crippen molar-refractivity contribution in [3.63, 3.8) is 0 Å². The van der Waals surface area contributed by atoms with Crippen LogP contribution < -0.4 is 5.32 Å². The van der Waals surface area contributed by atoms with E-state index >= 15 is 0 Å². The maximum absolute atomic E-state index is 11.8. The maximum atomic E-state index is 11.8. The molecule has 6 heteroatoms. The Bertz CT molecular complexity index is 352. The summed E-state index contributed by atoms with van der Waals surface area (Å²) < 4.78 is 5.19. The van der Waals surface area contributed by atoms with Crippen LogP contribution >= 0.6 is 0 Å². The molecule has 0 saturated carbocycles. The Morgan fingerprint density at radius 3 is 3.00 bits per heavy atom. The molecule has 1 aliphatic heterocycles. The number of hydrogen-bond acceptors (Lipinski definition) is 5. The number of morpholine rings is 1. The van der Waals surface area contributed by atoms with Gasteiger partial charge in [0, 0.05) is 25.8 Å². The third-order valence-corrected chi connectivity index (χ3v) is 2.57. The zero-order valence-corrected chi connectivity index (χ0v) is 9.63. The van der Waals surface area contributed by atoms with Crippen molar-refractivity contribution in [2.24, 2.45) is 0 Å². The van der Waals surface area contributed by atoms with Gasteiger partial charge in [0.2, 0.25) is 5.91 Å². The molecule has 0 bridgehead atoms. The van der Waals surface area contributed by atoms with Gasteiger partial charge >= 0.3 is 0 Å². The minimum Gasteiger partial charge on any atom is -0.378 e. The second-order valence-corrected chi connectivity index (χ2v) is 3.81. The average molecular weight is 236 g/mol. The molecule has 6 nitrogen and oxygen atoms in total. The lowest BCUT2D eigenvalue weighted by atomic mass is 10.3. The van der Waals surface area contributed by atoms with Crippen molar-refractivity contribution in [1.29, 1.82) is 0 Å². The number of nitrogens with one attached hydrogen (secondary N) is 1. The Labute approximate surface area is 100.0 Å². The van der Waals surface area contributed by atoms with Crippen LogP contribution in [0.15, 0.2) is 18.3 Å². The standard InChI is InChI=1S/C11H16N4O2/c16-11(15-4-6-17-7-5-15)9-12-8-10-2-1-3-13-14-10/h1-3,12H,4-9H2. The number of hydrogen-bond donors (Lipinski definition) is 1. The van der Waals surface area contributed by atoms with E-state index in [0.717, 1.165) is 5.69 Å². The SMILES string of the molecule is O=C(CNCc1cccnn1)N1CCOCC1. The lowest BCUT2D eigenvalue weighted by Crippen LogP contribution is -2.44. The molecule has 1 aromatic rings. The van der Waals surface area contributed by atoms with Crippen molar-refractivity contribution in [1.82, 2.24) is 20.4 Å². The molecular formula is C11H16N4O2. The third-order valence-electron chi connectivity index (χ3n) is 2.57. The summed E-state index contributed by atoms with van der Waals surface area (Å²) in [6.07, 6.45) is 1.63. The second kappa shape index (κ2) is 6.27. The maximum Gasteiger partial charge on any atom is 0.236 e. The van der Waals surface area contributed by atoms with Crippen molar-refractivity contribution in [2.45, 2.75) is 6.54 Å². The summed E-state index contributed by atoms with van der Waals surface area (Å²) in [7, 11) is 0. The lowest BCUT2D eigenvalue weighted by Gasteiger charge is -2.26. The van der Waals surface area contributed by atoms with Gasteiger partial charge in [-0.2, -0.15) is 10.2 Å². The van der Waals surface area contributed by atoms with Gasteiger partial charge in [-0.1, -0.05) is 0 Å². The van der Waals surface area contributed by atoms with Crippen LogP contribution in [0.1, 0.15) is 5.69 Å². The summed E-state index contributed by atoms with van der Waals surface area (Å²) in [5.74, 6) is 0.109. The Balaban J connectivity index is 1.69. The Kier molecular flexibility index (Phi) is 4.40. The van der Waals surface area contributed by atoms with Crippen LogP contribution in [-0.4, -0.2) is 53.9 Å². The summed E-state index contributed by atoms with van der Waals surface area (Å²) in [4.78, 5) is 13.6. The molecule has 0 aromatic carbocycles. The normalized spacial score (nSPS) is 15.9. The van der Waals surface area contributed by atoms with E-state index in [1.54, 1.807) is 6.20 Å². The highest BCUT2D eigenvalue weighted by atomic mass is 16.5. The van der Waals surface area contributed by atoms with Gasteiger partial charge in [0.1, 0.15) is 0 Å². The van der Waals surface area contributed by atoms with E-state index in [2.05, 4.69) is 15.5 Å². The van der Waals surface area contributed by atoms with E-state index in [0.29, 0.717) is 39.4 Å². The number of rotatable bonds is 4. The molecule has 1 N–H and O–H groups in total. The van der Waals surface area contributed by atoms with E-state index in [9.17, 15) is 4.79 Å². The molecule has 17 heavy (non-hydrogen) atoms. The summed E-state index contributed by atoms with van der Waals surface area (Å²) >= 11 is 0. The largest absolute Gasteiger partial charge is 0.378 e. The van der Waals surface area contributed by atoms with Gasteiger partial charge in [0.25, 0.3) is 0 Å². The molecule has 2 heterocycles. The number of ether oxygens (including phenoxy) is 1. The smallest absolute Gasteiger partial charge is 0.236 e. The Hall–Kier alpha value is -1.53. The lowest BCUT2D eigenvalue weighted by molar-refractivity contribution is -0.134. The molecule has 92 valence electrons. The number of carbonyl (C=O) groups excluding carboxylic acids is 1. The zero-order valence-electron chi connectivity index (χ0n) is 9.63. The predicted molar refractivity (Wildman–Crippen MR) is 61.1 cm³/mol. The van der Waals surface area contributed by atoms with Gasteiger partial charge in [-0.05, 0) is 12.1 Å². The predicted octanol–water partition coefficient (Wildman–Crippen LogP) is -0.575. The molecular weight excluding hydrogens is 220 g/mol. The molecule has 0 aliphatic carbocycles. The van der Waals surface area contributed by atoms with Crippen LogP contribution in [0.5, 0.6) is 0 Å². The fourth-order valence-corrected chi connectivity index (χ4v) is 1.65. The van der Waals surface area contributed by atoms with Crippen molar-refractivity contribution in [2.75, 3.05) is 32.8 Å². The van der Waals surface area contributed by atoms with Gasteiger partial charge in [-0.25, -0.2) is 0 Å². The van der Waals surface area contributed by atoms with Gasteiger partial charge in [-0.3, -0.25) is 4.79 Å². The highest BCUT2D eigenvalue weighted by Gasteiger charge is 2.15. The van der Waals surface area contributed by atoms with Gasteiger partial charge < -0.3 is 15.0 Å². The van der Waals surface area contributed by atoms with Crippen LogP contribution in [0.25, 0.3) is 0 Å². The van der Waals surface area contributed by atoms with Crippen LogP contribution in [-0.2, 0) is 16.1 Å². The molecule has 1 fully saturated rings. The molecule has 1 saturated heterocycles. The molecule has 0 spiro atoms. The van der Waals surface area contributed by atoms with Crippen molar-refractivity contribution >= 4 is 5.91 Å². The first-order valence-corrected chi connectivity index (χ1v) is 5.69.